The molecule has 9 heteroatoms. The van der Waals surface area contributed by atoms with Gasteiger partial charge in [-0.25, -0.2) is 4.39 Å². The van der Waals surface area contributed by atoms with Gasteiger partial charge in [0.05, 0.1) is 27.6 Å². The Bertz CT molecular complexity index is 1150. The first-order chi connectivity index (χ1) is 14.7. The molecule has 2 aromatic carbocycles. The maximum absolute atomic E-state index is 13.2. The molecule has 5 nitrogen and oxygen atoms in total. The molecule has 0 atom stereocenters. The van der Waals surface area contributed by atoms with Gasteiger partial charge in [-0.05, 0) is 55.0 Å². The van der Waals surface area contributed by atoms with Crippen molar-refractivity contribution in [1.29, 1.82) is 0 Å². The van der Waals surface area contributed by atoms with Crippen LogP contribution in [0.1, 0.15) is 31.2 Å². The number of hydrogen-bond donors (Lipinski definition) is 1. The van der Waals surface area contributed by atoms with Crippen molar-refractivity contribution in [2.24, 2.45) is 0 Å². The van der Waals surface area contributed by atoms with Crippen molar-refractivity contribution >= 4 is 51.4 Å². The molecular weight excluding hydrogens is 462 g/mol. The van der Waals surface area contributed by atoms with E-state index < -0.39 is 11.7 Å². The Morgan fingerprint density at radius 2 is 1.90 bits per heavy atom. The van der Waals surface area contributed by atoms with Crippen LogP contribution in [0.2, 0.25) is 10.0 Å². The zero-order chi connectivity index (χ0) is 22.7. The summed E-state index contributed by atoms with van der Waals surface area (Å²) < 4.78 is 18.6. The van der Waals surface area contributed by atoms with Gasteiger partial charge in [-0.15, -0.1) is 11.3 Å². The van der Waals surface area contributed by atoms with Crippen molar-refractivity contribution in [2.45, 2.75) is 13.5 Å². The van der Waals surface area contributed by atoms with Crippen LogP contribution in [-0.2, 0) is 6.54 Å². The van der Waals surface area contributed by atoms with Crippen LogP contribution in [0, 0.1) is 12.7 Å². The van der Waals surface area contributed by atoms with Gasteiger partial charge in [-0.3, -0.25) is 9.59 Å². The molecule has 2 amide bonds. The Morgan fingerprint density at radius 3 is 2.58 bits per heavy atom. The van der Waals surface area contributed by atoms with Gasteiger partial charge in [0, 0.05) is 24.2 Å². The van der Waals surface area contributed by atoms with Gasteiger partial charge in [-0.2, -0.15) is 0 Å². The third kappa shape index (κ3) is 5.36. The number of thiophene rings is 1. The fourth-order valence-corrected chi connectivity index (χ4v) is 4.49. The van der Waals surface area contributed by atoms with Crippen LogP contribution in [0.15, 0.2) is 42.5 Å². The number of hydrogen-bond acceptors (Lipinski definition) is 4. The highest BCUT2D eigenvalue weighted by Gasteiger charge is 2.21. The minimum absolute atomic E-state index is 0.0114. The van der Waals surface area contributed by atoms with E-state index in [2.05, 4.69) is 5.32 Å². The zero-order valence-electron chi connectivity index (χ0n) is 17.0. The number of carbonyl (C=O) groups excluding carboxylic acids is 2. The van der Waals surface area contributed by atoms with Gasteiger partial charge in [-0.1, -0.05) is 23.2 Å². The van der Waals surface area contributed by atoms with Gasteiger partial charge in [0.15, 0.2) is 0 Å². The summed E-state index contributed by atoms with van der Waals surface area (Å²) in [6, 6.07) is 10.5. The third-order valence-electron chi connectivity index (χ3n) is 4.52. The number of nitrogens with one attached hydrogen (secondary N) is 1. The highest BCUT2D eigenvalue weighted by molar-refractivity contribution is 7.18. The first-order valence-electron chi connectivity index (χ1n) is 9.14. The quantitative estimate of drug-likeness (QED) is 0.468. The topological polar surface area (TPSA) is 58.6 Å². The molecule has 0 saturated heterocycles. The predicted molar refractivity (Wildman–Crippen MR) is 122 cm³/mol. The van der Waals surface area contributed by atoms with Crippen molar-refractivity contribution in [3.63, 3.8) is 0 Å². The molecule has 162 valence electrons. The Labute approximate surface area is 193 Å². The third-order valence-corrected chi connectivity index (χ3v) is 6.21. The van der Waals surface area contributed by atoms with Crippen molar-refractivity contribution in [3.05, 3.63) is 79.9 Å². The molecule has 0 bridgehead atoms. The Balaban J connectivity index is 1.76. The summed E-state index contributed by atoms with van der Waals surface area (Å²) in [6.45, 7) is 2.09. The van der Waals surface area contributed by atoms with Crippen LogP contribution >= 0.6 is 34.5 Å². The summed E-state index contributed by atoms with van der Waals surface area (Å²) in [5.41, 5.74) is 1.65. The fraction of sp³-hybridized carbons (Fsp3) is 0.182. The lowest BCUT2D eigenvalue weighted by molar-refractivity contribution is 0.0788. The van der Waals surface area contributed by atoms with Crippen LogP contribution in [0.25, 0.3) is 0 Å². The second-order valence-corrected chi connectivity index (χ2v) is 8.71. The van der Waals surface area contributed by atoms with Crippen LogP contribution in [-0.4, -0.2) is 30.9 Å². The number of carbonyl (C=O) groups is 2. The van der Waals surface area contributed by atoms with Gasteiger partial charge in [0.1, 0.15) is 11.6 Å². The number of rotatable bonds is 6. The van der Waals surface area contributed by atoms with Crippen LogP contribution in [0.3, 0.4) is 0 Å². The van der Waals surface area contributed by atoms with Crippen molar-refractivity contribution < 1.29 is 18.7 Å². The number of anilines is 1. The summed E-state index contributed by atoms with van der Waals surface area (Å²) >= 11 is 13.2. The molecule has 0 aliphatic heterocycles. The first-order valence-corrected chi connectivity index (χ1v) is 10.7. The monoisotopic (exact) mass is 480 g/mol. The maximum atomic E-state index is 13.2. The van der Waals surface area contributed by atoms with Gasteiger partial charge in [0.2, 0.25) is 0 Å². The number of nitrogens with zero attached hydrogens (tertiary/aromatic N) is 1. The SMILES string of the molecule is COc1ccc(Cl)cc1CN(C)C(=O)c1sc(NC(=O)c2ccc(F)cc2Cl)cc1C. The average Bonchev–Trinajstić information content (AvgIpc) is 3.07. The minimum atomic E-state index is -0.527. The van der Waals surface area contributed by atoms with E-state index in [0.29, 0.717) is 27.2 Å². The molecule has 31 heavy (non-hydrogen) atoms. The zero-order valence-corrected chi connectivity index (χ0v) is 19.3. The summed E-state index contributed by atoms with van der Waals surface area (Å²) in [7, 11) is 3.23. The Hall–Kier alpha value is -2.61. The highest BCUT2D eigenvalue weighted by Crippen LogP contribution is 2.30. The molecule has 0 fully saturated rings. The predicted octanol–water partition coefficient (Wildman–Crippen LogP) is 6.04. The first kappa shape index (κ1) is 23.1. The Kier molecular flexibility index (Phi) is 7.20. The number of ether oxygens (including phenoxy) is 1. The average molecular weight is 481 g/mol. The summed E-state index contributed by atoms with van der Waals surface area (Å²) in [6.07, 6.45) is 0. The van der Waals surface area contributed by atoms with Gasteiger partial charge >= 0.3 is 0 Å². The van der Waals surface area contributed by atoms with E-state index in [1.807, 2.05) is 0 Å². The summed E-state index contributed by atoms with van der Waals surface area (Å²) in [5, 5.41) is 3.76. The maximum Gasteiger partial charge on any atom is 0.264 e. The molecule has 0 radical (unpaired) electrons. The van der Waals surface area contributed by atoms with Crippen molar-refractivity contribution in [1.82, 2.24) is 4.90 Å². The van der Waals surface area contributed by atoms with Crippen molar-refractivity contribution in [3.8, 4) is 5.75 Å². The highest BCUT2D eigenvalue weighted by atomic mass is 35.5. The number of benzene rings is 2. The van der Waals surface area contributed by atoms with E-state index in [-0.39, 0.29) is 16.5 Å². The molecule has 3 rings (SSSR count). The second kappa shape index (κ2) is 9.68. The molecule has 0 aliphatic rings. The van der Waals surface area contributed by atoms with E-state index in [4.69, 9.17) is 27.9 Å². The largest absolute Gasteiger partial charge is 0.496 e. The van der Waals surface area contributed by atoms with Gasteiger partial charge in [0.25, 0.3) is 11.8 Å². The number of amides is 2. The molecular formula is C22H19Cl2FN2O3S. The molecule has 0 unspecified atom stereocenters. The van der Waals surface area contributed by atoms with Crippen molar-refractivity contribution in [2.75, 3.05) is 19.5 Å². The van der Waals surface area contributed by atoms with Crippen LogP contribution in [0.4, 0.5) is 9.39 Å². The van der Waals surface area contributed by atoms with E-state index >= 15 is 0 Å². The summed E-state index contributed by atoms with van der Waals surface area (Å²) in [5.74, 6) is -0.580. The molecule has 3 aromatic rings. The normalized spacial score (nSPS) is 10.6. The number of halogens is 3. The minimum Gasteiger partial charge on any atom is -0.496 e. The smallest absolute Gasteiger partial charge is 0.264 e. The van der Waals surface area contributed by atoms with Crippen LogP contribution < -0.4 is 10.1 Å². The molecule has 0 saturated carbocycles. The molecule has 1 N–H and O–H groups in total. The molecule has 1 heterocycles. The van der Waals surface area contributed by atoms with E-state index in [9.17, 15) is 14.0 Å². The number of methoxy groups -OCH3 is 1. The molecule has 0 aliphatic carbocycles. The molecule has 0 spiro atoms. The van der Waals surface area contributed by atoms with Gasteiger partial charge < -0.3 is 15.0 Å². The van der Waals surface area contributed by atoms with E-state index in [1.165, 1.54) is 6.07 Å². The fourth-order valence-electron chi connectivity index (χ4n) is 2.98. The molecule has 1 aromatic heterocycles. The lowest BCUT2D eigenvalue weighted by atomic mass is 10.2. The van der Waals surface area contributed by atoms with Crippen LogP contribution in [0.5, 0.6) is 5.75 Å². The summed E-state index contributed by atoms with van der Waals surface area (Å²) in [4.78, 5) is 27.5. The second-order valence-electron chi connectivity index (χ2n) is 6.82. The van der Waals surface area contributed by atoms with E-state index in [0.717, 1.165) is 34.6 Å². The lowest BCUT2D eigenvalue weighted by Crippen LogP contribution is -2.26. The lowest BCUT2D eigenvalue weighted by Gasteiger charge is -2.19. The standard InChI is InChI=1S/C22H19Cl2FN2O3S/c1-12-8-19(26-21(28)16-6-5-15(25)10-17(16)24)31-20(12)22(29)27(2)11-13-9-14(23)4-7-18(13)30-3/h4-10H,11H2,1-3H3,(H,26,28). The van der Waals surface area contributed by atoms with E-state index in [1.54, 1.807) is 50.2 Å². The number of aryl methyl sites for hydroxylation is 1. The Morgan fingerprint density at radius 1 is 1.16 bits per heavy atom.